The number of hydrogen-bond donors (Lipinski definition) is 1. The van der Waals surface area contributed by atoms with Crippen LogP contribution in [0.1, 0.15) is 45.1 Å². The summed E-state index contributed by atoms with van der Waals surface area (Å²) in [6.07, 6.45) is 3.60. The molecule has 0 spiro atoms. The molecule has 5 heteroatoms. The van der Waals surface area contributed by atoms with Crippen LogP contribution in [0.25, 0.3) is 10.8 Å². The number of anilines is 1. The summed E-state index contributed by atoms with van der Waals surface area (Å²) in [6.45, 7) is 4.01. The molecule has 0 atom stereocenters. The molecule has 1 aliphatic rings. The summed E-state index contributed by atoms with van der Waals surface area (Å²) in [5.74, 6) is 0.793. The second-order valence-electron chi connectivity index (χ2n) is 8.19. The van der Waals surface area contributed by atoms with Crippen molar-refractivity contribution in [1.82, 2.24) is 0 Å². The van der Waals surface area contributed by atoms with Crippen molar-refractivity contribution in [3.63, 3.8) is 0 Å². The van der Waals surface area contributed by atoms with Crippen LogP contribution in [0.2, 0.25) is 10.0 Å². The molecular weight excluding hydrogens is 417 g/mol. The van der Waals surface area contributed by atoms with Gasteiger partial charge < -0.3 is 10.1 Å². The number of halogens is 2. The molecule has 0 heterocycles. The Balaban J connectivity index is 1.73. The van der Waals surface area contributed by atoms with Crippen LogP contribution in [0.3, 0.4) is 0 Å². The molecule has 0 aromatic heterocycles. The standard InChI is InChI=1S/C25H25Cl2NO2/c1-16(2)30-23-12-11-22(18-7-3-4-8-19(18)23)28-24(29)25(13-5-6-14-25)20-10-9-17(26)15-21(20)27/h3-4,7-12,15-16H,5-6,13-14H2,1-2H3,(H,28,29). The zero-order valence-corrected chi connectivity index (χ0v) is 18.7. The maximum Gasteiger partial charge on any atom is 0.235 e. The second-order valence-corrected chi connectivity index (χ2v) is 9.03. The van der Waals surface area contributed by atoms with Gasteiger partial charge in [-0.05, 0) is 56.5 Å². The van der Waals surface area contributed by atoms with Crippen LogP contribution >= 0.6 is 23.2 Å². The third kappa shape index (κ3) is 3.89. The largest absolute Gasteiger partial charge is 0.490 e. The molecule has 0 radical (unpaired) electrons. The highest BCUT2D eigenvalue weighted by molar-refractivity contribution is 6.35. The van der Waals surface area contributed by atoms with Gasteiger partial charge in [-0.1, -0.05) is 66.4 Å². The first-order valence-electron chi connectivity index (χ1n) is 10.4. The van der Waals surface area contributed by atoms with Crippen molar-refractivity contribution in [2.45, 2.75) is 51.0 Å². The van der Waals surface area contributed by atoms with Crippen LogP contribution in [0.15, 0.2) is 54.6 Å². The van der Waals surface area contributed by atoms with Gasteiger partial charge in [0.15, 0.2) is 0 Å². The molecule has 1 saturated carbocycles. The molecule has 1 aliphatic carbocycles. The molecule has 0 unspecified atom stereocenters. The average Bonchev–Trinajstić information content (AvgIpc) is 3.20. The van der Waals surface area contributed by atoms with Crippen molar-refractivity contribution in [2.24, 2.45) is 0 Å². The molecule has 4 rings (SSSR count). The molecular formula is C25H25Cl2NO2. The maximum atomic E-state index is 13.6. The molecule has 1 amide bonds. The van der Waals surface area contributed by atoms with E-state index in [9.17, 15) is 4.79 Å². The van der Waals surface area contributed by atoms with Crippen LogP contribution in [-0.2, 0) is 10.2 Å². The Morgan fingerprint density at radius 3 is 2.37 bits per heavy atom. The fourth-order valence-electron chi connectivity index (χ4n) is 4.45. The molecule has 3 aromatic carbocycles. The van der Waals surface area contributed by atoms with E-state index in [2.05, 4.69) is 5.32 Å². The predicted molar refractivity (Wildman–Crippen MR) is 125 cm³/mol. The minimum absolute atomic E-state index is 0.0214. The van der Waals surface area contributed by atoms with Crippen molar-refractivity contribution in [2.75, 3.05) is 5.32 Å². The van der Waals surface area contributed by atoms with Crippen LogP contribution < -0.4 is 10.1 Å². The van der Waals surface area contributed by atoms with E-state index >= 15 is 0 Å². The Morgan fingerprint density at radius 1 is 1.00 bits per heavy atom. The van der Waals surface area contributed by atoms with Gasteiger partial charge in [-0.25, -0.2) is 0 Å². The Morgan fingerprint density at radius 2 is 1.70 bits per heavy atom. The summed E-state index contributed by atoms with van der Waals surface area (Å²) in [7, 11) is 0. The van der Waals surface area contributed by atoms with E-state index in [4.69, 9.17) is 27.9 Å². The third-order valence-electron chi connectivity index (χ3n) is 5.83. The molecule has 1 fully saturated rings. The van der Waals surface area contributed by atoms with Gasteiger partial charge in [0.25, 0.3) is 0 Å². The summed E-state index contributed by atoms with van der Waals surface area (Å²) >= 11 is 12.6. The van der Waals surface area contributed by atoms with Gasteiger partial charge >= 0.3 is 0 Å². The lowest BCUT2D eigenvalue weighted by Crippen LogP contribution is -2.38. The molecule has 0 saturated heterocycles. The van der Waals surface area contributed by atoms with E-state index in [-0.39, 0.29) is 12.0 Å². The third-order valence-corrected chi connectivity index (χ3v) is 6.38. The number of rotatable bonds is 5. The first kappa shape index (κ1) is 21.0. The number of ether oxygens (including phenoxy) is 1. The minimum Gasteiger partial charge on any atom is -0.490 e. The number of amides is 1. The van der Waals surface area contributed by atoms with Crippen molar-refractivity contribution >= 4 is 45.6 Å². The first-order chi connectivity index (χ1) is 14.4. The summed E-state index contributed by atoms with van der Waals surface area (Å²) < 4.78 is 5.96. The monoisotopic (exact) mass is 441 g/mol. The Kier molecular flexibility index (Phi) is 5.95. The van der Waals surface area contributed by atoms with Crippen LogP contribution in [0.5, 0.6) is 5.75 Å². The van der Waals surface area contributed by atoms with E-state index < -0.39 is 5.41 Å². The van der Waals surface area contributed by atoms with E-state index in [1.807, 2.05) is 62.4 Å². The van der Waals surface area contributed by atoms with Crippen molar-refractivity contribution < 1.29 is 9.53 Å². The quantitative estimate of drug-likeness (QED) is 0.448. The van der Waals surface area contributed by atoms with E-state index in [1.54, 1.807) is 6.07 Å². The highest BCUT2D eigenvalue weighted by Crippen LogP contribution is 2.45. The summed E-state index contributed by atoms with van der Waals surface area (Å²) in [4.78, 5) is 13.6. The lowest BCUT2D eigenvalue weighted by atomic mass is 9.77. The topological polar surface area (TPSA) is 38.3 Å². The SMILES string of the molecule is CC(C)Oc1ccc(NC(=O)C2(c3ccc(Cl)cc3Cl)CCCC2)c2ccccc12. The van der Waals surface area contributed by atoms with Crippen molar-refractivity contribution in [3.05, 3.63) is 70.2 Å². The lowest BCUT2D eigenvalue weighted by molar-refractivity contribution is -0.121. The fraction of sp³-hybridized carbons (Fsp3) is 0.320. The van der Waals surface area contributed by atoms with E-state index in [1.165, 1.54) is 0 Å². The lowest BCUT2D eigenvalue weighted by Gasteiger charge is -2.29. The van der Waals surface area contributed by atoms with Crippen LogP contribution in [0, 0.1) is 0 Å². The molecule has 156 valence electrons. The van der Waals surface area contributed by atoms with Gasteiger partial charge in [0.05, 0.1) is 11.5 Å². The van der Waals surface area contributed by atoms with Crippen LogP contribution in [0.4, 0.5) is 5.69 Å². The number of carbonyl (C=O) groups is 1. The number of nitrogens with one attached hydrogen (secondary N) is 1. The predicted octanol–water partition coefficient (Wildman–Crippen LogP) is 7.38. The number of carbonyl (C=O) groups excluding carboxylic acids is 1. The molecule has 3 nitrogen and oxygen atoms in total. The van der Waals surface area contributed by atoms with Gasteiger partial charge in [0.1, 0.15) is 5.75 Å². The maximum absolute atomic E-state index is 13.6. The normalized spacial score (nSPS) is 15.5. The fourth-order valence-corrected chi connectivity index (χ4v) is 5.04. The average molecular weight is 442 g/mol. The summed E-state index contributed by atoms with van der Waals surface area (Å²) in [5.41, 5.74) is 0.992. The Hall–Kier alpha value is -2.23. The zero-order chi connectivity index (χ0) is 21.3. The second kappa shape index (κ2) is 8.49. The van der Waals surface area contributed by atoms with Gasteiger partial charge in [-0.2, -0.15) is 0 Å². The summed E-state index contributed by atoms with van der Waals surface area (Å²) in [5, 5.41) is 6.26. The van der Waals surface area contributed by atoms with Gasteiger partial charge in [-0.3, -0.25) is 4.79 Å². The molecule has 30 heavy (non-hydrogen) atoms. The minimum atomic E-state index is -0.643. The molecule has 3 aromatic rings. The molecule has 0 aliphatic heterocycles. The molecule has 1 N–H and O–H groups in total. The highest BCUT2D eigenvalue weighted by atomic mass is 35.5. The van der Waals surface area contributed by atoms with Crippen molar-refractivity contribution in [3.8, 4) is 5.75 Å². The molecule has 0 bridgehead atoms. The number of hydrogen-bond acceptors (Lipinski definition) is 2. The van der Waals surface area contributed by atoms with Gasteiger partial charge in [0.2, 0.25) is 5.91 Å². The van der Waals surface area contributed by atoms with Crippen molar-refractivity contribution in [1.29, 1.82) is 0 Å². The Bertz CT molecular complexity index is 1090. The van der Waals surface area contributed by atoms with Crippen LogP contribution in [-0.4, -0.2) is 12.0 Å². The van der Waals surface area contributed by atoms with Gasteiger partial charge in [0, 0.05) is 26.5 Å². The smallest absolute Gasteiger partial charge is 0.235 e. The highest BCUT2D eigenvalue weighted by Gasteiger charge is 2.44. The number of fused-ring (bicyclic) bond motifs is 1. The zero-order valence-electron chi connectivity index (χ0n) is 17.2. The summed E-state index contributed by atoms with van der Waals surface area (Å²) in [6, 6.07) is 17.2. The van der Waals surface area contributed by atoms with E-state index in [0.717, 1.165) is 53.5 Å². The van der Waals surface area contributed by atoms with Gasteiger partial charge in [-0.15, -0.1) is 0 Å². The first-order valence-corrected chi connectivity index (χ1v) is 11.1. The van der Waals surface area contributed by atoms with E-state index in [0.29, 0.717) is 10.0 Å². The Labute approximate surface area is 187 Å². The number of benzene rings is 3.